The van der Waals surface area contributed by atoms with E-state index < -0.39 is 5.82 Å². The molecule has 0 radical (unpaired) electrons. The third kappa shape index (κ3) is 4.61. The van der Waals surface area contributed by atoms with Crippen LogP contribution >= 0.6 is 0 Å². The topological polar surface area (TPSA) is 59.5 Å². The highest BCUT2D eigenvalue weighted by Crippen LogP contribution is 2.37. The fourth-order valence-electron chi connectivity index (χ4n) is 4.07. The van der Waals surface area contributed by atoms with Crippen LogP contribution in [0.4, 0.5) is 10.2 Å². The van der Waals surface area contributed by atoms with Crippen molar-refractivity contribution in [2.45, 2.75) is 39.0 Å². The van der Waals surface area contributed by atoms with Crippen LogP contribution < -0.4 is 14.8 Å². The number of nitrogens with zero attached hydrogens (tertiary/aromatic N) is 3. The molecule has 1 aromatic carbocycles. The van der Waals surface area contributed by atoms with Gasteiger partial charge in [-0.25, -0.2) is 14.4 Å². The zero-order valence-corrected chi connectivity index (χ0v) is 17.3. The summed E-state index contributed by atoms with van der Waals surface area (Å²) in [5.41, 5.74) is 2.56. The van der Waals surface area contributed by atoms with Crippen LogP contribution in [-0.4, -0.2) is 54.8 Å². The summed E-state index contributed by atoms with van der Waals surface area (Å²) in [4.78, 5) is 11.1. The van der Waals surface area contributed by atoms with Gasteiger partial charge in [0.05, 0.1) is 18.9 Å². The van der Waals surface area contributed by atoms with Crippen molar-refractivity contribution in [3.8, 4) is 11.5 Å². The molecule has 0 spiro atoms. The van der Waals surface area contributed by atoms with E-state index in [1.54, 1.807) is 14.0 Å². The SMILES string of the molecule is CNc1nc(Cc2cc3c(c(OCCCN4CCCC4)c2)OCC3)nc(C)c1F. The van der Waals surface area contributed by atoms with Gasteiger partial charge in [0, 0.05) is 32.0 Å². The molecule has 7 heteroatoms. The van der Waals surface area contributed by atoms with Gasteiger partial charge in [-0.05, 0) is 50.9 Å². The molecule has 2 aliphatic rings. The maximum Gasteiger partial charge on any atom is 0.186 e. The largest absolute Gasteiger partial charge is 0.490 e. The monoisotopic (exact) mass is 400 g/mol. The van der Waals surface area contributed by atoms with Crippen molar-refractivity contribution in [1.29, 1.82) is 0 Å². The van der Waals surface area contributed by atoms with Gasteiger partial charge in [-0.3, -0.25) is 0 Å². The molecule has 1 N–H and O–H groups in total. The van der Waals surface area contributed by atoms with Crippen molar-refractivity contribution in [3.63, 3.8) is 0 Å². The zero-order chi connectivity index (χ0) is 20.2. The van der Waals surface area contributed by atoms with Gasteiger partial charge < -0.3 is 19.7 Å². The smallest absolute Gasteiger partial charge is 0.186 e. The number of likely N-dealkylation sites (tertiary alicyclic amines) is 1. The second-order valence-electron chi connectivity index (χ2n) is 7.75. The number of aryl methyl sites for hydroxylation is 1. The number of benzene rings is 1. The number of ether oxygens (including phenoxy) is 2. The van der Waals surface area contributed by atoms with Gasteiger partial charge >= 0.3 is 0 Å². The lowest BCUT2D eigenvalue weighted by molar-refractivity contribution is 0.251. The Morgan fingerprint density at radius 3 is 2.86 bits per heavy atom. The lowest BCUT2D eigenvalue weighted by atomic mass is 10.0. The summed E-state index contributed by atoms with van der Waals surface area (Å²) in [5.74, 6) is 2.08. The van der Waals surface area contributed by atoms with E-state index in [0.29, 0.717) is 31.2 Å². The van der Waals surface area contributed by atoms with Crippen LogP contribution in [0.2, 0.25) is 0 Å². The van der Waals surface area contributed by atoms with Gasteiger partial charge in [-0.15, -0.1) is 0 Å². The number of nitrogens with one attached hydrogen (secondary N) is 1. The van der Waals surface area contributed by atoms with Gasteiger partial charge in [0.25, 0.3) is 0 Å². The van der Waals surface area contributed by atoms with E-state index in [9.17, 15) is 4.39 Å². The minimum Gasteiger partial charge on any atom is -0.490 e. The fourth-order valence-corrected chi connectivity index (χ4v) is 4.07. The Morgan fingerprint density at radius 1 is 1.24 bits per heavy atom. The summed E-state index contributed by atoms with van der Waals surface area (Å²) in [6.45, 7) is 6.51. The molecular weight excluding hydrogens is 371 g/mol. The fraction of sp³-hybridized carbons (Fsp3) is 0.545. The quantitative estimate of drug-likeness (QED) is 0.686. The Labute approximate surface area is 171 Å². The molecule has 2 aromatic rings. The molecule has 0 atom stereocenters. The average molecular weight is 400 g/mol. The van der Waals surface area contributed by atoms with Crippen LogP contribution in [0.5, 0.6) is 11.5 Å². The molecule has 6 nitrogen and oxygen atoms in total. The molecule has 0 aliphatic carbocycles. The average Bonchev–Trinajstić information content (AvgIpc) is 3.39. The number of hydrogen-bond donors (Lipinski definition) is 1. The molecule has 2 aliphatic heterocycles. The number of halogens is 1. The highest BCUT2D eigenvalue weighted by atomic mass is 19.1. The first-order valence-corrected chi connectivity index (χ1v) is 10.5. The normalized spacial score (nSPS) is 16.0. The Hall–Kier alpha value is -2.41. The van der Waals surface area contributed by atoms with Gasteiger partial charge in [-0.2, -0.15) is 0 Å². The molecule has 156 valence electrons. The van der Waals surface area contributed by atoms with Crippen LogP contribution in [0, 0.1) is 12.7 Å². The summed E-state index contributed by atoms with van der Waals surface area (Å²) in [6.07, 6.45) is 5.02. The number of fused-ring (bicyclic) bond motifs is 1. The highest BCUT2D eigenvalue weighted by molar-refractivity contribution is 5.52. The minimum atomic E-state index is -0.402. The molecule has 0 saturated carbocycles. The molecule has 0 amide bonds. The Bertz CT molecular complexity index is 868. The predicted octanol–water partition coefficient (Wildman–Crippen LogP) is 3.36. The molecule has 0 unspecified atom stereocenters. The summed E-state index contributed by atoms with van der Waals surface area (Å²) >= 11 is 0. The Kier molecular flexibility index (Phi) is 6.13. The number of anilines is 1. The van der Waals surface area contributed by atoms with Gasteiger partial charge in [0.15, 0.2) is 23.1 Å². The van der Waals surface area contributed by atoms with Crippen molar-refractivity contribution in [2.24, 2.45) is 0 Å². The molecule has 1 saturated heterocycles. The number of aromatic nitrogens is 2. The summed E-state index contributed by atoms with van der Waals surface area (Å²) < 4.78 is 25.9. The second-order valence-corrected chi connectivity index (χ2v) is 7.75. The molecule has 3 heterocycles. The molecule has 4 rings (SSSR count). The first kappa shape index (κ1) is 19.9. The number of hydrogen-bond acceptors (Lipinski definition) is 6. The van der Waals surface area contributed by atoms with Crippen molar-refractivity contribution in [1.82, 2.24) is 14.9 Å². The summed E-state index contributed by atoms with van der Waals surface area (Å²) in [7, 11) is 1.66. The van der Waals surface area contributed by atoms with E-state index in [0.717, 1.165) is 42.0 Å². The maximum atomic E-state index is 14.0. The van der Waals surface area contributed by atoms with Gasteiger partial charge in [0.1, 0.15) is 5.82 Å². The molecule has 0 bridgehead atoms. The third-order valence-electron chi connectivity index (χ3n) is 5.55. The van der Waals surface area contributed by atoms with E-state index in [1.807, 2.05) is 6.07 Å². The first-order chi connectivity index (χ1) is 14.1. The predicted molar refractivity (Wildman–Crippen MR) is 111 cm³/mol. The highest BCUT2D eigenvalue weighted by Gasteiger charge is 2.20. The lowest BCUT2D eigenvalue weighted by Crippen LogP contribution is -2.21. The van der Waals surface area contributed by atoms with E-state index in [4.69, 9.17) is 9.47 Å². The van der Waals surface area contributed by atoms with Crippen LogP contribution in [0.3, 0.4) is 0 Å². The van der Waals surface area contributed by atoms with Gasteiger partial charge in [0.2, 0.25) is 0 Å². The summed E-state index contributed by atoms with van der Waals surface area (Å²) in [5, 5.41) is 2.80. The molecule has 1 fully saturated rings. The molecule has 1 aromatic heterocycles. The van der Waals surface area contributed by atoms with Crippen LogP contribution in [-0.2, 0) is 12.8 Å². The number of rotatable bonds is 8. The third-order valence-corrected chi connectivity index (χ3v) is 5.55. The van der Waals surface area contributed by atoms with Crippen molar-refractivity contribution < 1.29 is 13.9 Å². The van der Waals surface area contributed by atoms with Crippen LogP contribution in [0.25, 0.3) is 0 Å². The van der Waals surface area contributed by atoms with E-state index in [-0.39, 0.29) is 5.82 Å². The first-order valence-electron chi connectivity index (χ1n) is 10.5. The van der Waals surface area contributed by atoms with E-state index in [1.165, 1.54) is 25.9 Å². The minimum absolute atomic E-state index is 0.232. The Morgan fingerprint density at radius 2 is 2.07 bits per heavy atom. The lowest BCUT2D eigenvalue weighted by Gasteiger charge is -2.16. The van der Waals surface area contributed by atoms with E-state index in [2.05, 4.69) is 26.3 Å². The van der Waals surface area contributed by atoms with Crippen LogP contribution in [0.1, 0.15) is 41.9 Å². The molecule has 29 heavy (non-hydrogen) atoms. The van der Waals surface area contributed by atoms with Crippen LogP contribution in [0.15, 0.2) is 12.1 Å². The van der Waals surface area contributed by atoms with Gasteiger partial charge in [-0.1, -0.05) is 6.07 Å². The molecular formula is C22H29FN4O2. The zero-order valence-electron chi connectivity index (χ0n) is 17.3. The second kappa shape index (κ2) is 8.95. The standard InChI is InChI=1S/C22H29FN4O2/c1-15-20(23)22(24-2)26-19(25-15)14-16-12-17-6-11-29-21(17)18(13-16)28-10-5-9-27-7-3-4-8-27/h12-13H,3-11,14H2,1-2H3,(H,24,25,26). The maximum absolute atomic E-state index is 14.0. The van der Waals surface area contributed by atoms with Crippen molar-refractivity contribution in [3.05, 3.63) is 40.6 Å². The summed E-state index contributed by atoms with van der Waals surface area (Å²) in [6, 6.07) is 4.14. The Balaban J connectivity index is 1.46. The van der Waals surface area contributed by atoms with Crippen molar-refractivity contribution in [2.75, 3.05) is 45.2 Å². The van der Waals surface area contributed by atoms with E-state index >= 15 is 0 Å². The van der Waals surface area contributed by atoms with Crippen molar-refractivity contribution >= 4 is 5.82 Å².